The average molecular weight is 390 g/mol. The Labute approximate surface area is 156 Å². The maximum absolute atomic E-state index is 12.7. The summed E-state index contributed by atoms with van der Waals surface area (Å²) in [5, 5.41) is 1.90. The largest absolute Gasteiger partial charge is 0.402 e. The summed E-state index contributed by atoms with van der Waals surface area (Å²) < 4.78 is 31.9. The molecule has 0 fully saturated rings. The van der Waals surface area contributed by atoms with E-state index >= 15 is 0 Å². The minimum atomic E-state index is -3.60. The lowest BCUT2D eigenvalue weighted by Gasteiger charge is -2.18. The van der Waals surface area contributed by atoms with Gasteiger partial charge in [-0.1, -0.05) is 26.0 Å². The average Bonchev–Trinajstić information content (AvgIpc) is 3.27. The van der Waals surface area contributed by atoms with E-state index in [1.807, 2.05) is 17.5 Å². The van der Waals surface area contributed by atoms with E-state index in [1.54, 1.807) is 32.1 Å². The van der Waals surface area contributed by atoms with Crippen molar-refractivity contribution in [2.45, 2.75) is 18.7 Å². The van der Waals surface area contributed by atoms with E-state index in [1.165, 1.54) is 27.8 Å². The van der Waals surface area contributed by atoms with Gasteiger partial charge in [-0.2, -0.15) is 4.31 Å². The standard InChI is InChI=1S/C18H18N2O4S2/c1-3-20(4-2)26(22,23)15-9-5-7-13(11-15)17-19-16(18(21)24-17)12-14-8-6-10-25-14/h5-12H,3-4H2,1-2H3/b16-12-. The minimum absolute atomic E-state index is 0.106. The van der Waals surface area contributed by atoms with Crippen molar-refractivity contribution in [2.75, 3.05) is 13.1 Å². The number of hydrogen-bond acceptors (Lipinski definition) is 6. The molecule has 0 saturated carbocycles. The highest BCUT2D eigenvalue weighted by Crippen LogP contribution is 2.23. The first-order valence-corrected chi connectivity index (χ1v) is 10.4. The zero-order valence-corrected chi connectivity index (χ0v) is 16.0. The summed E-state index contributed by atoms with van der Waals surface area (Å²) in [7, 11) is -3.60. The van der Waals surface area contributed by atoms with Crippen LogP contribution in [0.3, 0.4) is 0 Å². The number of carbonyl (C=O) groups is 1. The van der Waals surface area contributed by atoms with Gasteiger partial charge in [0.2, 0.25) is 15.9 Å². The minimum Gasteiger partial charge on any atom is -0.402 e. The van der Waals surface area contributed by atoms with Gasteiger partial charge in [0.1, 0.15) is 0 Å². The SMILES string of the molecule is CCN(CC)S(=O)(=O)c1cccc(C2=N/C(=C\c3cccs3)C(=O)O2)c1. The summed E-state index contributed by atoms with van der Waals surface area (Å²) >= 11 is 1.48. The van der Waals surface area contributed by atoms with Crippen LogP contribution in [0.1, 0.15) is 24.3 Å². The van der Waals surface area contributed by atoms with E-state index < -0.39 is 16.0 Å². The van der Waals surface area contributed by atoms with Gasteiger partial charge < -0.3 is 4.74 Å². The Balaban J connectivity index is 1.95. The first-order valence-electron chi connectivity index (χ1n) is 8.12. The number of rotatable bonds is 6. The molecule has 2 aromatic rings. The van der Waals surface area contributed by atoms with Crippen LogP contribution >= 0.6 is 11.3 Å². The second-order valence-corrected chi connectivity index (χ2v) is 8.39. The fraction of sp³-hybridized carbons (Fsp3) is 0.222. The summed E-state index contributed by atoms with van der Waals surface area (Å²) in [5.41, 5.74) is 0.639. The van der Waals surface area contributed by atoms with Crippen molar-refractivity contribution in [3.8, 4) is 0 Å². The van der Waals surface area contributed by atoms with E-state index in [-0.39, 0.29) is 16.5 Å². The molecule has 8 heteroatoms. The third kappa shape index (κ3) is 3.62. The fourth-order valence-corrected chi connectivity index (χ4v) is 4.70. The van der Waals surface area contributed by atoms with Crippen molar-refractivity contribution >= 4 is 39.3 Å². The van der Waals surface area contributed by atoms with E-state index in [0.29, 0.717) is 18.7 Å². The van der Waals surface area contributed by atoms with E-state index in [4.69, 9.17) is 4.74 Å². The van der Waals surface area contributed by atoms with Crippen LogP contribution < -0.4 is 0 Å². The van der Waals surface area contributed by atoms with Crippen molar-refractivity contribution < 1.29 is 17.9 Å². The van der Waals surface area contributed by atoms with Gasteiger partial charge in [0.05, 0.1) is 4.90 Å². The van der Waals surface area contributed by atoms with Crippen LogP contribution in [-0.2, 0) is 19.6 Å². The van der Waals surface area contributed by atoms with Gasteiger partial charge in [-0.15, -0.1) is 11.3 Å². The third-order valence-electron chi connectivity index (χ3n) is 3.87. The third-order valence-corrected chi connectivity index (χ3v) is 6.73. The molecule has 3 rings (SSSR count). The molecule has 0 unspecified atom stereocenters. The lowest BCUT2D eigenvalue weighted by molar-refractivity contribution is -0.129. The molecule has 0 atom stereocenters. The summed E-state index contributed by atoms with van der Waals surface area (Å²) in [6.07, 6.45) is 1.65. The monoisotopic (exact) mass is 390 g/mol. The Bertz CT molecular complexity index is 972. The number of thiophene rings is 1. The van der Waals surface area contributed by atoms with E-state index in [0.717, 1.165) is 4.88 Å². The number of sulfonamides is 1. The molecular weight excluding hydrogens is 372 g/mol. The predicted octanol–water partition coefficient (Wildman–Crippen LogP) is 3.12. The van der Waals surface area contributed by atoms with Crippen LogP contribution in [0.25, 0.3) is 6.08 Å². The van der Waals surface area contributed by atoms with Gasteiger partial charge in [0.25, 0.3) is 0 Å². The molecule has 0 bridgehead atoms. The smallest absolute Gasteiger partial charge is 0.363 e. The van der Waals surface area contributed by atoms with Gasteiger partial charge in [-0.3, -0.25) is 0 Å². The second kappa shape index (κ2) is 7.53. The number of hydrogen-bond donors (Lipinski definition) is 0. The molecule has 26 heavy (non-hydrogen) atoms. The first-order chi connectivity index (χ1) is 12.5. The molecule has 2 heterocycles. The number of nitrogens with zero attached hydrogens (tertiary/aromatic N) is 2. The first kappa shape index (κ1) is 18.5. The zero-order valence-electron chi connectivity index (χ0n) is 14.4. The summed E-state index contributed by atoms with van der Waals surface area (Å²) in [5.74, 6) is -0.445. The van der Waals surface area contributed by atoms with Crippen LogP contribution in [-0.4, -0.2) is 37.7 Å². The number of carbonyl (C=O) groups excluding carboxylic acids is 1. The number of aliphatic imine (C=N–C) groups is 1. The molecule has 0 aliphatic carbocycles. The molecule has 0 saturated heterocycles. The molecule has 1 aliphatic heterocycles. The van der Waals surface area contributed by atoms with Gasteiger partial charge >= 0.3 is 5.97 Å². The maximum atomic E-state index is 12.7. The van der Waals surface area contributed by atoms with Crippen LogP contribution in [0.5, 0.6) is 0 Å². The second-order valence-electron chi connectivity index (χ2n) is 5.47. The Hall–Kier alpha value is -2.29. The molecule has 1 aromatic carbocycles. The Morgan fingerprint density at radius 2 is 1.96 bits per heavy atom. The topological polar surface area (TPSA) is 76.0 Å². The maximum Gasteiger partial charge on any atom is 0.363 e. The molecule has 0 spiro atoms. The Morgan fingerprint density at radius 3 is 2.62 bits per heavy atom. The van der Waals surface area contributed by atoms with Crippen molar-refractivity contribution in [3.63, 3.8) is 0 Å². The van der Waals surface area contributed by atoms with Crippen LogP contribution in [0, 0.1) is 0 Å². The lowest BCUT2D eigenvalue weighted by atomic mass is 10.2. The highest BCUT2D eigenvalue weighted by Gasteiger charge is 2.27. The Morgan fingerprint density at radius 1 is 1.19 bits per heavy atom. The predicted molar refractivity (Wildman–Crippen MR) is 101 cm³/mol. The number of ether oxygens (including phenoxy) is 1. The highest BCUT2D eigenvalue weighted by atomic mass is 32.2. The summed E-state index contributed by atoms with van der Waals surface area (Å²) in [6.45, 7) is 4.34. The molecule has 136 valence electrons. The van der Waals surface area contributed by atoms with Gasteiger partial charge in [-0.05, 0) is 35.7 Å². The highest BCUT2D eigenvalue weighted by molar-refractivity contribution is 7.89. The van der Waals surface area contributed by atoms with Crippen molar-refractivity contribution in [1.29, 1.82) is 0 Å². The van der Waals surface area contributed by atoms with Crippen LogP contribution in [0.15, 0.2) is 57.4 Å². The molecular formula is C18H18N2O4S2. The molecule has 1 aliphatic rings. The number of cyclic esters (lactones) is 1. The quantitative estimate of drug-likeness (QED) is 0.561. The molecule has 0 radical (unpaired) electrons. The van der Waals surface area contributed by atoms with Crippen LogP contribution in [0.4, 0.5) is 0 Å². The van der Waals surface area contributed by atoms with E-state index in [2.05, 4.69) is 4.99 Å². The van der Waals surface area contributed by atoms with Crippen molar-refractivity contribution in [2.24, 2.45) is 4.99 Å². The van der Waals surface area contributed by atoms with Crippen molar-refractivity contribution in [3.05, 3.63) is 57.9 Å². The Kier molecular flexibility index (Phi) is 5.36. The lowest BCUT2D eigenvalue weighted by Crippen LogP contribution is -2.30. The molecule has 0 amide bonds. The molecule has 1 aromatic heterocycles. The van der Waals surface area contributed by atoms with Gasteiger partial charge in [0, 0.05) is 23.5 Å². The fourth-order valence-electron chi connectivity index (χ4n) is 2.54. The summed E-state index contributed by atoms with van der Waals surface area (Å²) in [4.78, 5) is 17.3. The normalized spacial score (nSPS) is 16.2. The number of benzene rings is 1. The zero-order chi connectivity index (χ0) is 18.7. The number of esters is 1. The van der Waals surface area contributed by atoms with E-state index in [9.17, 15) is 13.2 Å². The molecule has 6 nitrogen and oxygen atoms in total. The van der Waals surface area contributed by atoms with Gasteiger partial charge in [-0.25, -0.2) is 18.2 Å². The van der Waals surface area contributed by atoms with Gasteiger partial charge in [0.15, 0.2) is 5.70 Å². The molecule has 0 N–H and O–H groups in total. The van der Waals surface area contributed by atoms with Crippen LogP contribution in [0.2, 0.25) is 0 Å². The van der Waals surface area contributed by atoms with Crippen molar-refractivity contribution in [1.82, 2.24) is 4.31 Å². The summed E-state index contributed by atoms with van der Waals surface area (Å²) in [6, 6.07) is 10.0.